The molecule has 0 atom stereocenters. The first-order valence-electron chi connectivity index (χ1n) is 3.65. The third-order valence-corrected chi connectivity index (χ3v) is 1.83. The summed E-state index contributed by atoms with van der Waals surface area (Å²) in [5, 5.41) is 0. The summed E-state index contributed by atoms with van der Waals surface area (Å²) < 4.78 is 0. The van der Waals surface area contributed by atoms with E-state index in [1.807, 2.05) is 14.1 Å². The van der Waals surface area contributed by atoms with Gasteiger partial charge < -0.3 is 5.73 Å². The third-order valence-electron chi connectivity index (χ3n) is 0.957. The van der Waals surface area contributed by atoms with Crippen molar-refractivity contribution in [2.24, 2.45) is 5.73 Å². The summed E-state index contributed by atoms with van der Waals surface area (Å²) in [4.78, 5) is 2.06. The lowest BCUT2D eigenvalue weighted by molar-refractivity contribution is 0.464. The molecule has 0 heterocycles. The SMILES string of the molecule is CN(C)CC#CCSCCN. The topological polar surface area (TPSA) is 29.3 Å². The Kier molecular flexibility index (Phi) is 7.81. The molecule has 0 aliphatic heterocycles. The number of thioether (sulfide) groups is 1. The first kappa shape index (κ1) is 10.8. The van der Waals surface area contributed by atoms with Gasteiger partial charge in [-0.25, -0.2) is 0 Å². The van der Waals surface area contributed by atoms with Gasteiger partial charge in [0.1, 0.15) is 0 Å². The lowest BCUT2D eigenvalue weighted by atomic mass is 10.6. The van der Waals surface area contributed by atoms with Crippen LogP contribution in [0.15, 0.2) is 0 Å². The first-order chi connectivity index (χ1) is 5.27. The summed E-state index contributed by atoms with van der Waals surface area (Å²) in [6.07, 6.45) is 0. The molecule has 0 unspecified atom stereocenters. The van der Waals surface area contributed by atoms with E-state index in [1.54, 1.807) is 11.8 Å². The summed E-state index contributed by atoms with van der Waals surface area (Å²) in [6, 6.07) is 0. The largest absolute Gasteiger partial charge is 0.330 e. The molecule has 64 valence electrons. The quantitative estimate of drug-likeness (QED) is 0.487. The van der Waals surface area contributed by atoms with Gasteiger partial charge in [0.15, 0.2) is 0 Å². The van der Waals surface area contributed by atoms with Gasteiger partial charge in [-0.3, -0.25) is 4.90 Å². The van der Waals surface area contributed by atoms with Crippen molar-refractivity contribution < 1.29 is 0 Å². The molecule has 0 saturated heterocycles. The van der Waals surface area contributed by atoms with Gasteiger partial charge in [0.05, 0.1) is 12.3 Å². The Bertz CT molecular complexity index is 135. The Morgan fingerprint density at radius 2 is 2.09 bits per heavy atom. The maximum atomic E-state index is 5.31. The lowest BCUT2D eigenvalue weighted by Gasteiger charge is -2.00. The molecule has 3 heteroatoms. The maximum absolute atomic E-state index is 5.31. The minimum Gasteiger partial charge on any atom is -0.330 e. The van der Waals surface area contributed by atoms with Crippen molar-refractivity contribution in [3.8, 4) is 11.8 Å². The number of nitrogens with two attached hydrogens (primary N) is 1. The van der Waals surface area contributed by atoms with Crippen LogP contribution in [0.4, 0.5) is 0 Å². The zero-order valence-corrected chi connectivity index (χ0v) is 8.08. The lowest BCUT2D eigenvalue weighted by Crippen LogP contribution is -2.10. The van der Waals surface area contributed by atoms with E-state index in [9.17, 15) is 0 Å². The van der Waals surface area contributed by atoms with E-state index in [4.69, 9.17) is 5.73 Å². The molecule has 0 aromatic rings. The van der Waals surface area contributed by atoms with Crippen molar-refractivity contribution in [2.45, 2.75) is 0 Å². The van der Waals surface area contributed by atoms with Crippen LogP contribution in [-0.2, 0) is 0 Å². The second-order valence-electron chi connectivity index (χ2n) is 2.43. The molecule has 2 N–H and O–H groups in total. The second-order valence-corrected chi connectivity index (χ2v) is 3.54. The Hall–Kier alpha value is -0.170. The summed E-state index contributed by atoms with van der Waals surface area (Å²) in [5.74, 6) is 8.04. The van der Waals surface area contributed by atoms with Crippen molar-refractivity contribution >= 4 is 11.8 Å². The highest BCUT2D eigenvalue weighted by Gasteiger charge is 1.82. The molecule has 0 rings (SSSR count). The van der Waals surface area contributed by atoms with E-state index in [2.05, 4.69) is 16.7 Å². The van der Waals surface area contributed by atoms with Gasteiger partial charge in [0.25, 0.3) is 0 Å². The van der Waals surface area contributed by atoms with Crippen molar-refractivity contribution in [1.29, 1.82) is 0 Å². The summed E-state index contributed by atoms with van der Waals surface area (Å²) in [7, 11) is 4.03. The fourth-order valence-corrected chi connectivity index (χ4v) is 0.987. The molecule has 0 aliphatic rings. The van der Waals surface area contributed by atoms with Crippen LogP contribution in [-0.4, -0.2) is 43.6 Å². The summed E-state index contributed by atoms with van der Waals surface area (Å²) in [5.41, 5.74) is 5.31. The zero-order valence-electron chi connectivity index (χ0n) is 7.26. The molecule has 0 aromatic carbocycles. The van der Waals surface area contributed by atoms with E-state index < -0.39 is 0 Å². The van der Waals surface area contributed by atoms with Crippen LogP contribution in [0.5, 0.6) is 0 Å². The Morgan fingerprint density at radius 1 is 1.36 bits per heavy atom. The average molecular weight is 172 g/mol. The minimum atomic E-state index is 0.750. The molecule has 0 spiro atoms. The van der Waals surface area contributed by atoms with Gasteiger partial charge in [0, 0.05) is 12.3 Å². The van der Waals surface area contributed by atoms with Crippen molar-refractivity contribution in [3.63, 3.8) is 0 Å². The number of nitrogens with zero attached hydrogens (tertiary/aromatic N) is 1. The van der Waals surface area contributed by atoms with Crippen LogP contribution in [0.3, 0.4) is 0 Å². The van der Waals surface area contributed by atoms with Gasteiger partial charge >= 0.3 is 0 Å². The molecule has 0 aromatic heterocycles. The zero-order chi connectivity index (χ0) is 8.53. The highest BCUT2D eigenvalue weighted by atomic mass is 32.2. The van der Waals surface area contributed by atoms with E-state index in [1.165, 1.54) is 0 Å². The monoisotopic (exact) mass is 172 g/mol. The highest BCUT2D eigenvalue weighted by Crippen LogP contribution is 1.94. The van der Waals surface area contributed by atoms with Crippen molar-refractivity contribution in [3.05, 3.63) is 0 Å². The van der Waals surface area contributed by atoms with Crippen LogP contribution in [0, 0.1) is 11.8 Å². The summed E-state index contributed by atoms with van der Waals surface area (Å²) >= 11 is 1.79. The Balaban J connectivity index is 3.12. The molecule has 0 amide bonds. The first-order valence-corrected chi connectivity index (χ1v) is 4.81. The third kappa shape index (κ3) is 9.83. The van der Waals surface area contributed by atoms with E-state index in [-0.39, 0.29) is 0 Å². The van der Waals surface area contributed by atoms with Crippen LogP contribution in [0.25, 0.3) is 0 Å². The van der Waals surface area contributed by atoms with E-state index >= 15 is 0 Å². The maximum Gasteiger partial charge on any atom is 0.0596 e. The number of hydrogen-bond acceptors (Lipinski definition) is 3. The smallest absolute Gasteiger partial charge is 0.0596 e. The average Bonchev–Trinajstić information content (AvgIpc) is 1.96. The van der Waals surface area contributed by atoms with Gasteiger partial charge in [0.2, 0.25) is 0 Å². The molecule has 0 fully saturated rings. The molecule has 0 bridgehead atoms. The molecule has 11 heavy (non-hydrogen) atoms. The molecule has 0 radical (unpaired) electrons. The van der Waals surface area contributed by atoms with Gasteiger partial charge in [-0.05, 0) is 14.1 Å². The van der Waals surface area contributed by atoms with Crippen LogP contribution >= 0.6 is 11.8 Å². The fraction of sp³-hybridized carbons (Fsp3) is 0.750. The second kappa shape index (κ2) is 7.93. The van der Waals surface area contributed by atoms with Gasteiger partial charge in [-0.1, -0.05) is 11.8 Å². The molecular formula is C8H16N2S. The van der Waals surface area contributed by atoms with Crippen LogP contribution < -0.4 is 5.73 Å². The molecule has 2 nitrogen and oxygen atoms in total. The standard InChI is InChI=1S/C8H16N2S/c1-10(2)6-3-4-7-11-8-5-9/h5-9H2,1-2H3. The number of hydrogen-bond donors (Lipinski definition) is 1. The van der Waals surface area contributed by atoms with Gasteiger partial charge in [-0.2, -0.15) is 0 Å². The van der Waals surface area contributed by atoms with E-state index in [0.717, 1.165) is 24.6 Å². The predicted octanol–water partition coefficient (Wildman–Crippen LogP) is 0.243. The fourth-order valence-electron chi connectivity index (χ4n) is 0.472. The Morgan fingerprint density at radius 3 is 2.64 bits per heavy atom. The van der Waals surface area contributed by atoms with Crippen LogP contribution in [0.1, 0.15) is 0 Å². The van der Waals surface area contributed by atoms with Crippen molar-refractivity contribution in [1.82, 2.24) is 4.90 Å². The number of rotatable bonds is 4. The van der Waals surface area contributed by atoms with E-state index in [0.29, 0.717) is 0 Å². The normalized spacial score (nSPS) is 9.45. The van der Waals surface area contributed by atoms with Gasteiger partial charge in [-0.15, -0.1) is 11.8 Å². The van der Waals surface area contributed by atoms with Crippen molar-refractivity contribution in [2.75, 3.05) is 38.7 Å². The predicted molar refractivity (Wildman–Crippen MR) is 52.7 cm³/mol. The van der Waals surface area contributed by atoms with Crippen LogP contribution in [0.2, 0.25) is 0 Å². The molecule has 0 aliphatic carbocycles. The summed E-state index contributed by atoms with van der Waals surface area (Å²) in [6.45, 7) is 1.60. The highest BCUT2D eigenvalue weighted by molar-refractivity contribution is 7.99. The minimum absolute atomic E-state index is 0.750. The molecular weight excluding hydrogens is 156 g/mol. The molecule has 0 saturated carbocycles. The Labute approximate surface area is 73.5 Å².